The third-order valence-corrected chi connectivity index (χ3v) is 2.36. The number of hydrogen-bond acceptors (Lipinski definition) is 3. The maximum atomic E-state index is 12.5. The molecule has 0 unspecified atom stereocenters. The van der Waals surface area contributed by atoms with Crippen molar-refractivity contribution in [1.82, 2.24) is 10.3 Å². The Morgan fingerprint density at radius 2 is 2.47 bits per heavy atom. The molecule has 1 aromatic rings. The van der Waals surface area contributed by atoms with Gasteiger partial charge in [-0.05, 0) is 31.5 Å². The number of carbonyl (C=O) groups is 1. The number of aromatic nitrogens is 1. The van der Waals surface area contributed by atoms with Crippen molar-refractivity contribution in [2.24, 2.45) is 0 Å². The summed E-state index contributed by atoms with van der Waals surface area (Å²) in [7, 11) is 0. The summed E-state index contributed by atoms with van der Waals surface area (Å²) in [4.78, 5) is 15.3. The number of nitrogens with one attached hydrogen (secondary N) is 2. The van der Waals surface area contributed by atoms with Gasteiger partial charge in [0.25, 0.3) is 0 Å². The van der Waals surface area contributed by atoms with Crippen molar-refractivity contribution >= 4 is 11.7 Å². The maximum Gasteiger partial charge on any atom is 0.242 e. The molecule has 0 spiro atoms. The number of amides is 1. The van der Waals surface area contributed by atoms with Crippen LogP contribution >= 0.6 is 0 Å². The Kier molecular flexibility index (Phi) is 2.91. The Morgan fingerprint density at radius 3 is 3.07 bits per heavy atom. The van der Waals surface area contributed by atoms with E-state index in [1.165, 1.54) is 12.1 Å². The lowest BCUT2D eigenvalue weighted by molar-refractivity contribution is -0.117. The van der Waals surface area contributed by atoms with Gasteiger partial charge in [0.1, 0.15) is 11.6 Å². The van der Waals surface area contributed by atoms with E-state index in [-0.39, 0.29) is 11.9 Å². The van der Waals surface area contributed by atoms with Gasteiger partial charge in [0.2, 0.25) is 5.91 Å². The Labute approximate surface area is 86.9 Å². The summed E-state index contributed by atoms with van der Waals surface area (Å²) in [6, 6.07) is 2.57. The van der Waals surface area contributed by atoms with Crippen LogP contribution < -0.4 is 10.6 Å². The van der Waals surface area contributed by atoms with Crippen LogP contribution in [0.3, 0.4) is 0 Å². The summed E-state index contributed by atoms with van der Waals surface area (Å²) in [5.41, 5.74) is 0. The third kappa shape index (κ3) is 2.50. The van der Waals surface area contributed by atoms with Gasteiger partial charge in [0.15, 0.2) is 0 Å². The number of halogens is 1. The summed E-state index contributed by atoms with van der Waals surface area (Å²) in [5, 5.41) is 5.71. The molecule has 0 radical (unpaired) electrons. The van der Waals surface area contributed by atoms with Crippen molar-refractivity contribution < 1.29 is 9.18 Å². The molecule has 0 bridgehead atoms. The van der Waals surface area contributed by atoms with E-state index in [0.717, 1.165) is 25.6 Å². The molecule has 1 aliphatic heterocycles. The minimum Gasteiger partial charge on any atom is -0.309 e. The largest absolute Gasteiger partial charge is 0.309 e. The standard InChI is InChI=1S/C10H12FN3O/c11-7-3-4-9(13-6-7)14-10(15)8-2-1-5-12-8/h3-4,6,8,12H,1-2,5H2,(H,13,14,15)/t8-/m1/s1. The van der Waals surface area contributed by atoms with Crippen LogP contribution in [0.2, 0.25) is 0 Å². The van der Waals surface area contributed by atoms with Crippen molar-refractivity contribution in [3.05, 3.63) is 24.1 Å². The molecule has 0 aromatic carbocycles. The third-order valence-electron chi connectivity index (χ3n) is 2.36. The molecule has 1 saturated heterocycles. The highest BCUT2D eigenvalue weighted by Gasteiger charge is 2.21. The quantitative estimate of drug-likeness (QED) is 0.761. The van der Waals surface area contributed by atoms with Crippen LogP contribution in [0.15, 0.2) is 18.3 Å². The van der Waals surface area contributed by atoms with E-state index in [0.29, 0.717) is 5.82 Å². The summed E-state index contributed by atoms with van der Waals surface area (Å²) < 4.78 is 12.5. The van der Waals surface area contributed by atoms with E-state index >= 15 is 0 Å². The van der Waals surface area contributed by atoms with Crippen LogP contribution in [0.25, 0.3) is 0 Å². The van der Waals surface area contributed by atoms with Crippen LogP contribution in [-0.4, -0.2) is 23.5 Å². The molecule has 1 fully saturated rings. The molecule has 2 N–H and O–H groups in total. The molecule has 1 amide bonds. The molecule has 15 heavy (non-hydrogen) atoms. The highest BCUT2D eigenvalue weighted by molar-refractivity contribution is 5.94. The van der Waals surface area contributed by atoms with Crippen molar-refractivity contribution in [2.45, 2.75) is 18.9 Å². The van der Waals surface area contributed by atoms with Gasteiger partial charge in [0.05, 0.1) is 12.2 Å². The zero-order chi connectivity index (χ0) is 10.7. The summed E-state index contributed by atoms with van der Waals surface area (Å²) in [6.45, 7) is 0.870. The topological polar surface area (TPSA) is 54.0 Å². The second-order valence-corrected chi connectivity index (χ2v) is 3.50. The molecular formula is C10H12FN3O. The average Bonchev–Trinajstić information content (AvgIpc) is 2.74. The first-order chi connectivity index (χ1) is 7.25. The lowest BCUT2D eigenvalue weighted by atomic mass is 10.2. The summed E-state index contributed by atoms with van der Waals surface area (Å²) >= 11 is 0. The molecule has 1 atom stereocenters. The molecule has 80 valence electrons. The number of nitrogens with zero attached hydrogens (tertiary/aromatic N) is 1. The smallest absolute Gasteiger partial charge is 0.242 e. The molecule has 4 nitrogen and oxygen atoms in total. The summed E-state index contributed by atoms with van der Waals surface area (Å²) in [5.74, 6) is -0.131. The lowest BCUT2D eigenvalue weighted by Gasteiger charge is -2.09. The first kappa shape index (κ1) is 10.0. The number of pyridine rings is 1. The van der Waals surface area contributed by atoms with E-state index in [9.17, 15) is 9.18 Å². The molecule has 2 heterocycles. The molecule has 0 saturated carbocycles. The molecule has 5 heteroatoms. The van der Waals surface area contributed by atoms with Crippen molar-refractivity contribution in [1.29, 1.82) is 0 Å². The Morgan fingerprint density at radius 1 is 1.60 bits per heavy atom. The monoisotopic (exact) mass is 209 g/mol. The van der Waals surface area contributed by atoms with E-state index in [1.807, 2.05) is 0 Å². The van der Waals surface area contributed by atoms with Crippen LogP contribution in [0.4, 0.5) is 10.2 Å². The van der Waals surface area contributed by atoms with Gasteiger partial charge in [-0.3, -0.25) is 4.79 Å². The Balaban J connectivity index is 1.96. The number of hydrogen-bond donors (Lipinski definition) is 2. The van der Waals surface area contributed by atoms with Gasteiger partial charge in [-0.2, -0.15) is 0 Å². The van der Waals surface area contributed by atoms with Crippen LogP contribution in [0.5, 0.6) is 0 Å². The second kappa shape index (κ2) is 4.35. The molecule has 1 aromatic heterocycles. The minimum atomic E-state index is -0.410. The number of anilines is 1. The number of carbonyl (C=O) groups excluding carboxylic acids is 1. The SMILES string of the molecule is O=C(Nc1ccc(F)cn1)[C@H]1CCCN1. The first-order valence-electron chi connectivity index (χ1n) is 4.91. The highest BCUT2D eigenvalue weighted by atomic mass is 19.1. The van der Waals surface area contributed by atoms with E-state index < -0.39 is 5.82 Å². The fraction of sp³-hybridized carbons (Fsp3) is 0.400. The first-order valence-corrected chi connectivity index (χ1v) is 4.91. The van der Waals surface area contributed by atoms with Crippen molar-refractivity contribution in [3.63, 3.8) is 0 Å². The average molecular weight is 209 g/mol. The highest BCUT2D eigenvalue weighted by Crippen LogP contribution is 2.09. The molecule has 1 aliphatic rings. The van der Waals surface area contributed by atoms with Gasteiger partial charge in [0, 0.05) is 0 Å². The lowest BCUT2D eigenvalue weighted by Crippen LogP contribution is -2.35. The zero-order valence-electron chi connectivity index (χ0n) is 8.16. The second-order valence-electron chi connectivity index (χ2n) is 3.50. The van der Waals surface area contributed by atoms with Crippen LogP contribution in [0.1, 0.15) is 12.8 Å². The normalized spacial score (nSPS) is 20.2. The fourth-order valence-electron chi connectivity index (χ4n) is 1.57. The number of rotatable bonds is 2. The van der Waals surface area contributed by atoms with Crippen molar-refractivity contribution in [2.75, 3.05) is 11.9 Å². The van der Waals surface area contributed by atoms with Gasteiger partial charge in [-0.25, -0.2) is 9.37 Å². The molecule has 2 rings (SSSR count). The van der Waals surface area contributed by atoms with Crippen molar-refractivity contribution in [3.8, 4) is 0 Å². The van der Waals surface area contributed by atoms with Gasteiger partial charge >= 0.3 is 0 Å². The zero-order valence-corrected chi connectivity index (χ0v) is 8.16. The predicted molar refractivity (Wildman–Crippen MR) is 53.8 cm³/mol. The maximum absolute atomic E-state index is 12.5. The Hall–Kier alpha value is -1.49. The Bertz CT molecular complexity index is 346. The fourth-order valence-corrected chi connectivity index (χ4v) is 1.57. The van der Waals surface area contributed by atoms with Gasteiger partial charge < -0.3 is 10.6 Å². The predicted octanol–water partition coefficient (Wildman–Crippen LogP) is 0.911. The summed E-state index contributed by atoms with van der Waals surface area (Å²) in [6.07, 6.45) is 2.93. The van der Waals surface area contributed by atoms with Crippen LogP contribution in [-0.2, 0) is 4.79 Å². The minimum absolute atomic E-state index is 0.105. The van der Waals surface area contributed by atoms with E-state index in [1.54, 1.807) is 0 Å². The molecule has 0 aliphatic carbocycles. The van der Waals surface area contributed by atoms with Crippen LogP contribution in [0, 0.1) is 5.82 Å². The molecular weight excluding hydrogens is 197 g/mol. The van der Waals surface area contributed by atoms with Gasteiger partial charge in [-0.1, -0.05) is 0 Å². The van der Waals surface area contributed by atoms with E-state index in [4.69, 9.17) is 0 Å². The van der Waals surface area contributed by atoms with E-state index in [2.05, 4.69) is 15.6 Å². The van der Waals surface area contributed by atoms with Gasteiger partial charge in [-0.15, -0.1) is 0 Å².